The number of ether oxygens (including phenoxy) is 1. The number of rotatable bonds is 4. The number of aromatic nitrogens is 2. The third-order valence-electron chi connectivity index (χ3n) is 4.18. The molecule has 4 rings (SSSR count). The zero-order chi connectivity index (χ0) is 17.4. The number of aryl methyl sites for hydroxylation is 1. The molecule has 0 fully saturated rings. The minimum Gasteiger partial charge on any atom is -0.491 e. The third kappa shape index (κ3) is 3.13. The molecule has 1 N–H and O–H groups in total. The molecule has 3 aromatic rings. The summed E-state index contributed by atoms with van der Waals surface area (Å²) in [7, 11) is 0. The standard InChI is InChI=1S/C19H16N2O3S/c1-11-20-10-17(25-11)13-4-2-12(3-5-13)8-14-9-16(19(22)23)21-15-6-7-24-18(14)15/h2-5,9-10H,6-8H2,1H3,(H,22,23). The van der Waals surface area contributed by atoms with Gasteiger partial charge in [0.1, 0.15) is 11.4 Å². The first-order valence-electron chi connectivity index (χ1n) is 8.01. The van der Waals surface area contributed by atoms with Crippen molar-refractivity contribution in [3.63, 3.8) is 0 Å². The molecule has 0 spiro atoms. The van der Waals surface area contributed by atoms with E-state index in [1.807, 2.05) is 13.1 Å². The maximum absolute atomic E-state index is 11.3. The monoisotopic (exact) mass is 352 g/mol. The highest BCUT2D eigenvalue weighted by Gasteiger charge is 2.21. The summed E-state index contributed by atoms with van der Waals surface area (Å²) in [6.07, 6.45) is 3.16. The van der Waals surface area contributed by atoms with Gasteiger partial charge in [-0.2, -0.15) is 0 Å². The van der Waals surface area contributed by atoms with Gasteiger partial charge in [-0.05, 0) is 24.1 Å². The van der Waals surface area contributed by atoms with Crippen LogP contribution in [0.15, 0.2) is 36.5 Å². The SMILES string of the molecule is Cc1ncc(-c2ccc(Cc3cc(C(=O)O)nc4c3OCC4)cc2)s1. The van der Waals surface area contributed by atoms with E-state index in [9.17, 15) is 9.90 Å². The summed E-state index contributed by atoms with van der Waals surface area (Å²) in [5.41, 5.74) is 3.94. The van der Waals surface area contributed by atoms with Crippen LogP contribution in [0.1, 0.15) is 32.3 Å². The molecule has 2 aromatic heterocycles. The molecule has 0 atom stereocenters. The van der Waals surface area contributed by atoms with Crippen LogP contribution in [0.25, 0.3) is 10.4 Å². The summed E-state index contributed by atoms with van der Waals surface area (Å²) in [6.45, 7) is 2.55. The summed E-state index contributed by atoms with van der Waals surface area (Å²) >= 11 is 1.67. The number of nitrogens with zero attached hydrogens (tertiary/aromatic N) is 2. The fourth-order valence-electron chi connectivity index (χ4n) is 2.98. The number of pyridine rings is 1. The normalized spacial score (nSPS) is 12.7. The van der Waals surface area contributed by atoms with Gasteiger partial charge >= 0.3 is 5.97 Å². The Hall–Kier alpha value is -2.73. The molecular formula is C19H16N2O3S. The van der Waals surface area contributed by atoms with Crippen molar-refractivity contribution in [2.75, 3.05) is 6.61 Å². The van der Waals surface area contributed by atoms with E-state index in [1.165, 1.54) is 0 Å². The maximum Gasteiger partial charge on any atom is 0.354 e. The van der Waals surface area contributed by atoms with Crippen LogP contribution < -0.4 is 4.74 Å². The minimum absolute atomic E-state index is 0.0796. The number of fused-ring (bicyclic) bond motifs is 1. The van der Waals surface area contributed by atoms with E-state index in [1.54, 1.807) is 17.4 Å². The fraction of sp³-hybridized carbons (Fsp3) is 0.211. The number of carboxylic acid groups (broad SMARTS) is 1. The minimum atomic E-state index is -1.01. The van der Waals surface area contributed by atoms with Crippen molar-refractivity contribution in [2.45, 2.75) is 19.8 Å². The molecule has 0 bridgehead atoms. The smallest absolute Gasteiger partial charge is 0.354 e. The third-order valence-corrected chi connectivity index (χ3v) is 5.14. The van der Waals surface area contributed by atoms with Crippen LogP contribution in [0.5, 0.6) is 5.75 Å². The van der Waals surface area contributed by atoms with Gasteiger partial charge in [-0.1, -0.05) is 24.3 Å². The van der Waals surface area contributed by atoms with Crippen molar-refractivity contribution in [2.24, 2.45) is 0 Å². The Morgan fingerprint density at radius 3 is 2.80 bits per heavy atom. The zero-order valence-corrected chi connectivity index (χ0v) is 14.5. The average molecular weight is 352 g/mol. The van der Waals surface area contributed by atoms with E-state index in [-0.39, 0.29) is 5.69 Å². The van der Waals surface area contributed by atoms with Crippen LogP contribution in [-0.4, -0.2) is 27.7 Å². The van der Waals surface area contributed by atoms with Gasteiger partial charge in [0.05, 0.1) is 22.2 Å². The molecule has 1 aliphatic heterocycles. The topological polar surface area (TPSA) is 72.3 Å². The molecule has 0 aliphatic carbocycles. The van der Waals surface area contributed by atoms with Crippen molar-refractivity contribution in [3.05, 3.63) is 64.1 Å². The van der Waals surface area contributed by atoms with Crippen molar-refractivity contribution in [3.8, 4) is 16.2 Å². The largest absolute Gasteiger partial charge is 0.491 e. The average Bonchev–Trinajstić information content (AvgIpc) is 3.24. The highest BCUT2D eigenvalue weighted by molar-refractivity contribution is 7.15. The molecule has 1 aliphatic rings. The Balaban J connectivity index is 1.63. The number of carbonyl (C=O) groups is 1. The Labute approximate surface area is 149 Å². The van der Waals surface area contributed by atoms with Crippen molar-refractivity contribution < 1.29 is 14.6 Å². The molecule has 3 heterocycles. The van der Waals surface area contributed by atoms with Crippen LogP contribution in [0.2, 0.25) is 0 Å². The first-order valence-corrected chi connectivity index (χ1v) is 8.82. The van der Waals surface area contributed by atoms with Crippen LogP contribution in [0, 0.1) is 6.92 Å². The van der Waals surface area contributed by atoms with Gasteiger partial charge < -0.3 is 9.84 Å². The van der Waals surface area contributed by atoms with Crippen LogP contribution in [-0.2, 0) is 12.8 Å². The Morgan fingerprint density at radius 1 is 1.32 bits per heavy atom. The number of carboxylic acids is 1. The number of aromatic carboxylic acids is 1. The van der Waals surface area contributed by atoms with E-state index in [0.29, 0.717) is 19.4 Å². The second-order valence-electron chi connectivity index (χ2n) is 5.96. The van der Waals surface area contributed by atoms with Gasteiger partial charge in [0.25, 0.3) is 0 Å². The molecule has 1 aromatic carbocycles. The molecule has 5 nitrogen and oxygen atoms in total. The Morgan fingerprint density at radius 2 is 2.12 bits per heavy atom. The summed E-state index contributed by atoms with van der Waals surface area (Å²) in [5.74, 6) is -0.265. The highest BCUT2D eigenvalue weighted by atomic mass is 32.1. The van der Waals surface area contributed by atoms with Crippen LogP contribution in [0.4, 0.5) is 0 Å². The Kier molecular flexibility index (Phi) is 3.97. The molecule has 0 amide bonds. The van der Waals surface area contributed by atoms with Gasteiger partial charge in [0, 0.05) is 24.6 Å². The molecule has 126 valence electrons. The number of benzene rings is 1. The summed E-state index contributed by atoms with van der Waals surface area (Å²) < 4.78 is 5.67. The number of hydrogen-bond acceptors (Lipinski definition) is 5. The van der Waals surface area contributed by atoms with Gasteiger partial charge in [0.2, 0.25) is 0 Å². The second-order valence-corrected chi connectivity index (χ2v) is 7.20. The van der Waals surface area contributed by atoms with Crippen molar-refractivity contribution in [1.29, 1.82) is 0 Å². The van der Waals surface area contributed by atoms with E-state index >= 15 is 0 Å². The first-order chi connectivity index (χ1) is 12.1. The van der Waals surface area contributed by atoms with E-state index in [2.05, 4.69) is 34.2 Å². The molecule has 6 heteroatoms. The molecule has 0 saturated carbocycles. The lowest BCUT2D eigenvalue weighted by Gasteiger charge is -2.09. The lowest BCUT2D eigenvalue weighted by Crippen LogP contribution is -2.04. The predicted octanol–water partition coefficient (Wildman–Crippen LogP) is 3.74. The van der Waals surface area contributed by atoms with Gasteiger partial charge in [-0.25, -0.2) is 14.8 Å². The molecule has 0 radical (unpaired) electrons. The highest BCUT2D eigenvalue weighted by Crippen LogP contribution is 2.31. The van der Waals surface area contributed by atoms with Crippen molar-refractivity contribution in [1.82, 2.24) is 9.97 Å². The lowest BCUT2D eigenvalue weighted by atomic mass is 10.0. The molecule has 0 saturated heterocycles. The molecule has 0 unspecified atom stereocenters. The summed E-state index contributed by atoms with van der Waals surface area (Å²) in [4.78, 5) is 20.9. The Bertz CT molecular complexity index is 948. The van der Waals surface area contributed by atoms with Gasteiger partial charge in [-0.3, -0.25) is 0 Å². The summed E-state index contributed by atoms with van der Waals surface area (Å²) in [6, 6.07) is 9.89. The molecule has 25 heavy (non-hydrogen) atoms. The van der Waals surface area contributed by atoms with Crippen LogP contribution in [0.3, 0.4) is 0 Å². The number of thiazole rings is 1. The maximum atomic E-state index is 11.3. The fourth-order valence-corrected chi connectivity index (χ4v) is 3.77. The van der Waals surface area contributed by atoms with E-state index in [0.717, 1.165) is 38.0 Å². The van der Waals surface area contributed by atoms with Gasteiger partial charge in [-0.15, -0.1) is 11.3 Å². The van der Waals surface area contributed by atoms with Crippen LogP contribution >= 0.6 is 11.3 Å². The summed E-state index contributed by atoms with van der Waals surface area (Å²) in [5, 5.41) is 10.3. The number of hydrogen-bond donors (Lipinski definition) is 1. The quantitative estimate of drug-likeness (QED) is 0.774. The van der Waals surface area contributed by atoms with E-state index < -0.39 is 5.97 Å². The van der Waals surface area contributed by atoms with Gasteiger partial charge in [0.15, 0.2) is 0 Å². The zero-order valence-electron chi connectivity index (χ0n) is 13.7. The molecular weight excluding hydrogens is 336 g/mol. The van der Waals surface area contributed by atoms with E-state index in [4.69, 9.17) is 4.74 Å². The second kappa shape index (κ2) is 6.29. The first kappa shape index (κ1) is 15.8. The van der Waals surface area contributed by atoms with Crippen molar-refractivity contribution >= 4 is 17.3 Å². The lowest BCUT2D eigenvalue weighted by molar-refractivity contribution is 0.0690. The predicted molar refractivity (Wildman–Crippen MR) is 95.5 cm³/mol.